The van der Waals surface area contributed by atoms with E-state index in [-0.39, 0.29) is 6.04 Å². The first-order chi connectivity index (χ1) is 7.61. The highest BCUT2D eigenvalue weighted by Crippen LogP contribution is 2.25. The van der Waals surface area contributed by atoms with E-state index in [0.29, 0.717) is 0 Å². The molecular formula is C12H17N3O. The Hall–Kier alpha value is -1.55. The molecule has 1 atom stereocenters. The van der Waals surface area contributed by atoms with Crippen molar-refractivity contribution in [2.45, 2.75) is 33.2 Å². The lowest BCUT2D eigenvalue weighted by Crippen LogP contribution is -2.10. The van der Waals surface area contributed by atoms with Gasteiger partial charge in [0.15, 0.2) is 0 Å². The van der Waals surface area contributed by atoms with Gasteiger partial charge in [0.2, 0.25) is 0 Å². The molecule has 0 aliphatic carbocycles. The van der Waals surface area contributed by atoms with Crippen molar-refractivity contribution in [1.29, 1.82) is 0 Å². The minimum absolute atomic E-state index is 0.0259. The summed E-state index contributed by atoms with van der Waals surface area (Å²) in [7, 11) is 0. The molecule has 4 nitrogen and oxygen atoms in total. The van der Waals surface area contributed by atoms with Crippen LogP contribution in [0.2, 0.25) is 0 Å². The van der Waals surface area contributed by atoms with Gasteiger partial charge in [0.25, 0.3) is 0 Å². The van der Waals surface area contributed by atoms with Gasteiger partial charge in [-0.05, 0) is 26.3 Å². The fourth-order valence-corrected chi connectivity index (χ4v) is 1.75. The Morgan fingerprint density at radius 2 is 2.25 bits per heavy atom. The van der Waals surface area contributed by atoms with E-state index in [1.807, 2.05) is 33.0 Å². The monoisotopic (exact) mass is 219 g/mol. The Morgan fingerprint density at radius 3 is 2.81 bits per heavy atom. The number of nitrogens with one attached hydrogen (secondary N) is 1. The van der Waals surface area contributed by atoms with E-state index in [9.17, 15) is 0 Å². The summed E-state index contributed by atoms with van der Waals surface area (Å²) in [6.45, 7) is 5.92. The van der Waals surface area contributed by atoms with Crippen LogP contribution in [0.4, 0.5) is 0 Å². The maximum atomic E-state index is 5.91. The molecule has 2 aromatic rings. The van der Waals surface area contributed by atoms with E-state index in [4.69, 9.17) is 10.2 Å². The van der Waals surface area contributed by atoms with Gasteiger partial charge < -0.3 is 15.1 Å². The van der Waals surface area contributed by atoms with E-state index >= 15 is 0 Å². The quantitative estimate of drug-likeness (QED) is 0.834. The van der Waals surface area contributed by atoms with Gasteiger partial charge in [0, 0.05) is 5.56 Å². The number of imidazole rings is 1. The van der Waals surface area contributed by atoms with Gasteiger partial charge in [-0.3, -0.25) is 0 Å². The first-order valence-corrected chi connectivity index (χ1v) is 5.49. The highest BCUT2D eigenvalue weighted by molar-refractivity contribution is 5.61. The number of hydrogen-bond donors (Lipinski definition) is 2. The van der Waals surface area contributed by atoms with Crippen molar-refractivity contribution < 1.29 is 4.42 Å². The predicted octanol–water partition coefficient (Wildman–Crippen LogP) is 2.70. The normalized spacial score (nSPS) is 13.0. The number of nitrogens with zero attached hydrogens (tertiary/aromatic N) is 1. The second-order valence-corrected chi connectivity index (χ2v) is 4.02. The standard InChI is InChI=1S/C12H17N3O/c1-4-10(13)12-14-6-11(15-12)9-5-7(2)16-8(9)3/h5-6,10H,4,13H2,1-3H3,(H,14,15). The van der Waals surface area contributed by atoms with Crippen LogP contribution in [0.3, 0.4) is 0 Å². The fraction of sp³-hybridized carbons (Fsp3) is 0.417. The molecule has 0 spiro atoms. The molecule has 0 radical (unpaired) electrons. The van der Waals surface area contributed by atoms with Crippen molar-refractivity contribution in [2.75, 3.05) is 0 Å². The third-order valence-corrected chi connectivity index (χ3v) is 2.72. The number of nitrogens with two attached hydrogens (primary N) is 1. The van der Waals surface area contributed by atoms with E-state index in [1.54, 1.807) is 0 Å². The summed E-state index contributed by atoms with van der Waals surface area (Å²) in [4.78, 5) is 7.53. The molecule has 4 heteroatoms. The molecule has 0 aromatic carbocycles. The van der Waals surface area contributed by atoms with Gasteiger partial charge in [0.05, 0.1) is 17.9 Å². The smallest absolute Gasteiger partial charge is 0.123 e. The van der Waals surface area contributed by atoms with Crippen LogP contribution < -0.4 is 5.73 Å². The van der Waals surface area contributed by atoms with Crippen molar-refractivity contribution in [3.63, 3.8) is 0 Å². The van der Waals surface area contributed by atoms with Crippen molar-refractivity contribution in [1.82, 2.24) is 9.97 Å². The fourth-order valence-electron chi connectivity index (χ4n) is 1.75. The highest BCUT2D eigenvalue weighted by atomic mass is 16.3. The van der Waals surface area contributed by atoms with Crippen LogP contribution in [0.1, 0.15) is 36.7 Å². The Bertz CT molecular complexity index is 484. The molecule has 86 valence electrons. The summed E-state index contributed by atoms with van der Waals surface area (Å²) in [5, 5.41) is 0. The SMILES string of the molecule is CCC(N)c1ncc(-c2cc(C)oc2C)[nH]1. The van der Waals surface area contributed by atoms with Crippen LogP contribution >= 0.6 is 0 Å². The van der Waals surface area contributed by atoms with Gasteiger partial charge in [0.1, 0.15) is 17.3 Å². The number of aromatic nitrogens is 2. The van der Waals surface area contributed by atoms with Gasteiger partial charge in [-0.25, -0.2) is 4.98 Å². The maximum absolute atomic E-state index is 5.91. The van der Waals surface area contributed by atoms with Crippen LogP contribution in [0, 0.1) is 13.8 Å². The molecule has 2 heterocycles. The minimum atomic E-state index is -0.0259. The van der Waals surface area contributed by atoms with Crippen LogP contribution in [0.25, 0.3) is 11.3 Å². The summed E-state index contributed by atoms with van der Waals surface area (Å²) in [6.07, 6.45) is 2.68. The third-order valence-electron chi connectivity index (χ3n) is 2.72. The molecule has 2 rings (SSSR count). The van der Waals surface area contributed by atoms with Crippen LogP contribution in [0.15, 0.2) is 16.7 Å². The van der Waals surface area contributed by atoms with Gasteiger partial charge >= 0.3 is 0 Å². The molecule has 0 bridgehead atoms. The second-order valence-electron chi connectivity index (χ2n) is 4.02. The Kier molecular flexibility index (Phi) is 2.83. The van der Waals surface area contributed by atoms with Crippen LogP contribution in [-0.2, 0) is 0 Å². The molecule has 0 aliphatic rings. The lowest BCUT2D eigenvalue weighted by molar-refractivity contribution is 0.505. The summed E-state index contributed by atoms with van der Waals surface area (Å²) < 4.78 is 5.49. The Morgan fingerprint density at radius 1 is 1.50 bits per heavy atom. The van der Waals surface area contributed by atoms with Crippen LogP contribution in [-0.4, -0.2) is 9.97 Å². The molecule has 0 saturated carbocycles. The van der Waals surface area contributed by atoms with Gasteiger partial charge in [-0.15, -0.1) is 0 Å². The lowest BCUT2D eigenvalue weighted by atomic mass is 10.2. The van der Waals surface area contributed by atoms with Crippen molar-refractivity contribution in [3.8, 4) is 11.3 Å². The number of rotatable bonds is 3. The highest BCUT2D eigenvalue weighted by Gasteiger charge is 2.12. The zero-order valence-corrected chi connectivity index (χ0v) is 9.87. The molecule has 1 unspecified atom stereocenters. The molecular weight excluding hydrogens is 202 g/mol. The van der Waals surface area contributed by atoms with E-state index in [1.165, 1.54) is 0 Å². The average molecular weight is 219 g/mol. The summed E-state index contributed by atoms with van der Waals surface area (Å²) in [5.41, 5.74) is 7.93. The zero-order chi connectivity index (χ0) is 11.7. The van der Waals surface area contributed by atoms with E-state index < -0.39 is 0 Å². The number of furan rings is 1. The number of aromatic amines is 1. The van der Waals surface area contributed by atoms with Crippen molar-refractivity contribution in [3.05, 3.63) is 29.6 Å². The zero-order valence-electron chi connectivity index (χ0n) is 9.87. The lowest BCUT2D eigenvalue weighted by Gasteiger charge is -2.03. The molecule has 0 aliphatic heterocycles. The number of hydrogen-bond acceptors (Lipinski definition) is 3. The summed E-state index contributed by atoms with van der Waals surface area (Å²) in [6, 6.07) is 1.98. The number of H-pyrrole nitrogens is 1. The first kappa shape index (κ1) is 11.0. The molecule has 0 saturated heterocycles. The minimum Gasteiger partial charge on any atom is -0.466 e. The Balaban J connectivity index is 2.35. The van der Waals surface area contributed by atoms with Gasteiger partial charge in [-0.1, -0.05) is 6.92 Å². The average Bonchev–Trinajstić information content (AvgIpc) is 2.83. The van der Waals surface area contributed by atoms with E-state index in [2.05, 4.69) is 9.97 Å². The Labute approximate surface area is 94.9 Å². The topological polar surface area (TPSA) is 67.8 Å². The molecule has 2 aromatic heterocycles. The largest absolute Gasteiger partial charge is 0.466 e. The molecule has 3 N–H and O–H groups in total. The first-order valence-electron chi connectivity index (χ1n) is 5.49. The molecule has 16 heavy (non-hydrogen) atoms. The van der Waals surface area contributed by atoms with Crippen molar-refractivity contribution >= 4 is 0 Å². The van der Waals surface area contributed by atoms with Crippen molar-refractivity contribution in [2.24, 2.45) is 5.73 Å². The summed E-state index contributed by atoms with van der Waals surface area (Å²) in [5.74, 6) is 2.64. The second kappa shape index (κ2) is 4.14. The van der Waals surface area contributed by atoms with Crippen LogP contribution in [0.5, 0.6) is 0 Å². The molecule has 0 amide bonds. The van der Waals surface area contributed by atoms with E-state index in [0.717, 1.165) is 35.0 Å². The predicted molar refractivity (Wildman–Crippen MR) is 63.0 cm³/mol. The number of aryl methyl sites for hydroxylation is 2. The maximum Gasteiger partial charge on any atom is 0.123 e. The van der Waals surface area contributed by atoms with Gasteiger partial charge in [-0.2, -0.15) is 0 Å². The molecule has 0 fully saturated rings. The summed E-state index contributed by atoms with van der Waals surface area (Å²) >= 11 is 0. The third kappa shape index (κ3) is 1.88.